The molecule has 1 fully saturated rings. The van der Waals surface area contributed by atoms with Crippen LogP contribution in [0.15, 0.2) is 18.2 Å². The highest BCUT2D eigenvalue weighted by atomic mass is 16.5. The quantitative estimate of drug-likeness (QED) is 0.772. The van der Waals surface area contributed by atoms with Crippen molar-refractivity contribution in [3.05, 3.63) is 29.3 Å². The van der Waals surface area contributed by atoms with Crippen molar-refractivity contribution in [1.82, 2.24) is 10.2 Å². The molecule has 1 atom stereocenters. The van der Waals surface area contributed by atoms with E-state index in [0.29, 0.717) is 37.4 Å². The fraction of sp³-hybridized carbons (Fsp3) is 0.556. The van der Waals surface area contributed by atoms with Crippen molar-refractivity contribution < 1.29 is 14.3 Å². The van der Waals surface area contributed by atoms with Gasteiger partial charge >= 0.3 is 0 Å². The van der Waals surface area contributed by atoms with Gasteiger partial charge in [0.1, 0.15) is 11.8 Å². The standard InChI is InChI=1S/C18H27N3O3/c1-13-7-8-14(16(12-13)24-11-5-9-19)18(23)21-10-4-3-6-15(21)17(22)20-2/h7-8,12,15H,3-6,9-11,19H2,1-2H3,(H,20,22). The average Bonchev–Trinajstić information content (AvgIpc) is 2.61. The van der Waals surface area contributed by atoms with Crippen molar-refractivity contribution in [3.63, 3.8) is 0 Å². The molecule has 1 heterocycles. The summed E-state index contributed by atoms with van der Waals surface area (Å²) in [5.74, 6) is 0.307. The second-order valence-corrected chi connectivity index (χ2v) is 6.11. The summed E-state index contributed by atoms with van der Waals surface area (Å²) in [6.45, 7) is 3.56. The zero-order valence-electron chi connectivity index (χ0n) is 14.5. The molecule has 0 bridgehead atoms. The highest BCUT2D eigenvalue weighted by Crippen LogP contribution is 2.26. The first-order valence-corrected chi connectivity index (χ1v) is 8.54. The van der Waals surface area contributed by atoms with Gasteiger partial charge in [-0.15, -0.1) is 0 Å². The molecule has 1 aromatic carbocycles. The number of piperidine rings is 1. The number of hydrogen-bond donors (Lipinski definition) is 2. The molecule has 2 amide bonds. The number of nitrogens with two attached hydrogens (primary N) is 1. The summed E-state index contributed by atoms with van der Waals surface area (Å²) >= 11 is 0. The summed E-state index contributed by atoms with van der Waals surface area (Å²) in [4.78, 5) is 26.8. The van der Waals surface area contributed by atoms with Crippen molar-refractivity contribution in [1.29, 1.82) is 0 Å². The Labute approximate surface area is 143 Å². The number of nitrogens with one attached hydrogen (secondary N) is 1. The summed E-state index contributed by atoms with van der Waals surface area (Å²) in [7, 11) is 1.60. The van der Waals surface area contributed by atoms with Crippen LogP contribution in [0.5, 0.6) is 5.75 Å². The van der Waals surface area contributed by atoms with Crippen molar-refractivity contribution in [2.75, 3.05) is 26.7 Å². The Hall–Kier alpha value is -2.08. The molecule has 1 saturated heterocycles. The average molecular weight is 333 g/mol. The fourth-order valence-corrected chi connectivity index (χ4v) is 2.96. The van der Waals surface area contributed by atoms with E-state index in [2.05, 4.69) is 5.32 Å². The summed E-state index contributed by atoms with van der Waals surface area (Å²) in [6, 6.07) is 5.13. The molecule has 2 rings (SSSR count). The Balaban J connectivity index is 2.25. The van der Waals surface area contributed by atoms with Crippen LogP contribution in [0, 0.1) is 6.92 Å². The first-order chi connectivity index (χ1) is 11.6. The van der Waals surface area contributed by atoms with Crippen LogP contribution >= 0.6 is 0 Å². The van der Waals surface area contributed by atoms with Gasteiger partial charge in [-0.1, -0.05) is 6.07 Å². The molecule has 6 heteroatoms. The van der Waals surface area contributed by atoms with Gasteiger partial charge in [-0.2, -0.15) is 0 Å². The van der Waals surface area contributed by atoms with Gasteiger partial charge in [0, 0.05) is 13.6 Å². The van der Waals surface area contributed by atoms with E-state index in [1.165, 1.54) is 0 Å². The van der Waals surface area contributed by atoms with Crippen LogP contribution in [0.1, 0.15) is 41.6 Å². The third-order valence-electron chi connectivity index (χ3n) is 4.29. The summed E-state index contributed by atoms with van der Waals surface area (Å²) < 4.78 is 5.76. The van der Waals surface area contributed by atoms with E-state index in [1.807, 2.05) is 19.1 Å². The predicted molar refractivity (Wildman–Crippen MR) is 93.1 cm³/mol. The minimum absolute atomic E-state index is 0.110. The van der Waals surface area contributed by atoms with Crippen molar-refractivity contribution >= 4 is 11.8 Å². The lowest BCUT2D eigenvalue weighted by Crippen LogP contribution is -2.51. The van der Waals surface area contributed by atoms with Gasteiger partial charge in [0.2, 0.25) is 5.91 Å². The second-order valence-electron chi connectivity index (χ2n) is 6.11. The molecule has 3 N–H and O–H groups in total. The van der Waals surface area contributed by atoms with Gasteiger partial charge in [0.25, 0.3) is 5.91 Å². The minimum Gasteiger partial charge on any atom is -0.493 e. The number of ether oxygens (including phenoxy) is 1. The Morgan fingerprint density at radius 2 is 2.17 bits per heavy atom. The molecule has 1 aromatic rings. The first kappa shape index (κ1) is 18.3. The van der Waals surface area contributed by atoms with Gasteiger partial charge in [0.05, 0.1) is 12.2 Å². The highest BCUT2D eigenvalue weighted by molar-refractivity contribution is 5.99. The molecular formula is C18H27N3O3. The van der Waals surface area contributed by atoms with Crippen LogP contribution in [0.2, 0.25) is 0 Å². The van der Waals surface area contributed by atoms with E-state index >= 15 is 0 Å². The zero-order valence-corrected chi connectivity index (χ0v) is 14.5. The van der Waals surface area contributed by atoms with Gasteiger partial charge in [-0.25, -0.2) is 0 Å². The van der Waals surface area contributed by atoms with Crippen molar-refractivity contribution in [2.45, 2.75) is 38.6 Å². The number of carbonyl (C=O) groups is 2. The maximum Gasteiger partial charge on any atom is 0.258 e. The Morgan fingerprint density at radius 3 is 2.88 bits per heavy atom. The summed E-state index contributed by atoms with van der Waals surface area (Å²) in [5, 5.41) is 2.66. The molecule has 1 aliphatic rings. The molecular weight excluding hydrogens is 306 g/mol. The molecule has 0 saturated carbocycles. The summed E-state index contributed by atoms with van der Waals surface area (Å²) in [6.07, 6.45) is 3.29. The minimum atomic E-state index is -0.408. The fourth-order valence-electron chi connectivity index (χ4n) is 2.96. The highest BCUT2D eigenvalue weighted by Gasteiger charge is 2.33. The number of nitrogens with zero attached hydrogens (tertiary/aromatic N) is 1. The predicted octanol–water partition coefficient (Wildman–Crippen LogP) is 1.46. The van der Waals surface area contributed by atoms with Gasteiger partial charge in [0.15, 0.2) is 0 Å². The largest absolute Gasteiger partial charge is 0.493 e. The van der Waals surface area contributed by atoms with Gasteiger partial charge < -0.3 is 20.7 Å². The van der Waals surface area contributed by atoms with Crippen LogP contribution < -0.4 is 15.8 Å². The maximum atomic E-state index is 13.0. The number of likely N-dealkylation sites (tertiary alicyclic amines) is 1. The number of hydrogen-bond acceptors (Lipinski definition) is 4. The van der Waals surface area contributed by atoms with Crippen molar-refractivity contribution in [2.24, 2.45) is 5.73 Å². The van der Waals surface area contributed by atoms with Crippen LogP contribution in [0.4, 0.5) is 0 Å². The molecule has 132 valence electrons. The Bertz CT molecular complexity index is 589. The van der Waals surface area contributed by atoms with Gasteiger partial charge in [-0.05, 0) is 56.8 Å². The third-order valence-corrected chi connectivity index (χ3v) is 4.29. The monoisotopic (exact) mass is 333 g/mol. The van der Waals surface area contributed by atoms with Crippen molar-refractivity contribution in [3.8, 4) is 5.75 Å². The Morgan fingerprint density at radius 1 is 1.38 bits per heavy atom. The van der Waals surface area contributed by atoms with E-state index in [4.69, 9.17) is 10.5 Å². The van der Waals surface area contributed by atoms with Crippen LogP contribution in [-0.2, 0) is 4.79 Å². The maximum absolute atomic E-state index is 13.0. The van der Waals surface area contributed by atoms with E-state index in [0.717, 1.165) is 24.8 Å². The first-order valence-electron chi connectivity index (χ1n) is 8.54. The molecule has 6 nitrogen and oxygen atoms in total. The van der Waals surface area contributed by atoms with E-state index in [-0.39, 0.29) is 11.8 Å². The Kier molecular flexibility index (Phi) is 6.61. The zero-order chi connectivity index (χ0) is 17.5. The lowest BCUT2D eigenvalue weighted by atomic mass is 9.99. The molecule has 24 heavy (non-hydrogen) atoms. The van der Waals surface area contributed by atoms with Gasteiger partial charge in [-0.3, -0.25) is 9.59 Å². The topological polar surface area (TPSA) is 84.7 Å². The third kappa shape index (κ3) is 4.26. The number of aryl methyl sites for hydroxylation is 1. The van der Waals surface area contributed by atoms with E-state index in [1.54, 1.807) is 18.0 Å². The number of benzene rings is 1. The number of likely N-dealkylation sites (N-methyl/N-ethyl adjacent to an activating group) is 1. The molecule has 0 aliphatic carbocycles. The molecule has 1 unspecified atom stereocenters. The lowest BCUT2D eigenvalue weighted by molar-refractivity contribution is -0.126. The lowest BCUT2D eigenvalue weighted by Gasteiger charge is -2.34. The van der Waals surface area contributed by atoms with E-state index < -0.39 is 6.04 Å². The normalized spacial score (nSPS) is 17.5. The van der Waals surface area contributed by atoms with Crippen LogP contribution in [-0.4, -0.2) is 49.5 Å². The number of amides is 2. The molecule has 1 aliphatic heterocycles. The summed E-state index contributed by atoms with van der Waals surface area (Å²) in [5.41, 5.74) is 7.04. The van der Waals surface area contributed by atoms with Crippen LogP contribution in [0.25, 0.3) is 0 Å². The molecule has 0 spiro atoms. The smallest absolute Gasteiger partial charge is 0.258 e. The number of rotatable bonds is 6. The number of carbonyl (C=O) groups excluding carboxylic acids is 2. The second kappa shape index (κ2) is 8.68. The van der Waals surface area contributed by atoms with Crippen LogP contribution in [0.3, 0.4) is 0 Å². The molecule has 0 aromatic heterocycles. The SMILES string of the molecule is CNC(=O)C1CCCCN1C(=O)c1ccc(C)cc1OCCCN. The van der Waals surface area contributed by atoms with E-state index in [9.17, 15) is 9.59 Å². The molecule has 0 radical (unpaired) electrons.